The number of carbonyl (C=O) groups excluding carboxylic acids is 1. The van der Waals surface area contributed by atoms with Crippen LogP contribution in [-0.4, -0.2) is 63.8 Å². The lowest BCUT2D eigenvalue weighted by Gasteiger charge is -2.33. The fraction of sp³-hybridized carbons (Fsp3) is 0.500. The van der Waals surface area contributed by atoms with Gasteiger partial charge in [0, 0.05) is 45.4 Å². The molecule has 0 aromatic carbocycles. The quantitative estimate of drug-likeness (QED) is 0.807. The maximum atomic E-state index is 12.4. The third-order valence-electron chi connectivity index (χ3n) is 3.94. The van der Waals surface area contributed by atoms with Gasteiger partial charge in [-0.3, -0.25) is 9.48 Å². The summed E-state index contributed by atoms with van der Waals surface area (Å²) in [5.74, 6) is 1.25. The molecule has 1 amide bonds. The van der Waals surface area contributed by atoms with Gasteiger partial charge >= 0.3 is 0 Å². The summed E-state index contributed by atoms with van der Waals surface area (Å²) in [4.78, 5) is 24.7. The Morgan fingerprint density at radius 2 is 2.17 bits per heavy atom. The Bertz CT molecular complexity index is 673. The lowest BCUT2D eigenvalue weighted by molar-refractivity contribution is -0.134. The lowest BCUT2D eigenvalue weighted by atomic mass is 10.1. The smallest absolute Gasteiger partial charge is 0.257 e. The van der Waals surface area contributed by atoms with E-state index in [1.807, 2.05) is 30.0 Å². The first-order valence-electron chi connectivity index (χ1n) is 8.03. The van der Waals surface area contributed by atoms with Crippen molar-refractivity contribution < 1.29 is 9.53 Å². The Morgan fingerprint density at radius 3 is 2.92 bits per heavy atom. The molecule has 1 aliphatic rings. The predicted molar refractivity (Wildman–Crippen MR) is 88.8 cm³/mol. The summed E-state index contributed by atoms with van der Waals surface area (Å²) < 4.78 is 7.67. The molecule has 128 valence electrons. The van der Waals surface area contributed by atoms with Gasteiger partial charge in [0.2, 0.25) is 5.91 Å². The van der Waals surface area contributed by atoms with Crippen LogP contribution in [0.4, 0.5) is 5.82 Å². The molecule has 1 aliphatic heterocycles. The molecule has 0 N–H and O–H groups in total. The molecule has 0 aliphatic carbocycles. The molecule has 3 rings (SSSR count). The Morgan fingerprint density at radius 1 is 1.33 bits per heavy atom. The number of amides is 1. The number of hydrogen-bond donors (Lipinski definition) is 0. The van der Waals surface area contributed by atoms with Crippen LogP contribution in [0.25, 0.3) is 0 Å². The average Bonchev–Trinajstić information content (AvgIpc) is 3.08. The van der Waals surface area contributed by atoms with Crippen LogP contribution < -0.4 is 9.64 Å². The summed E-state index contributed by atoms with van der Waals surface area (Å²) in [6, 6.07) is 1.81. The van der Waals surface area contributed by atoms with Crippen LogP contribution in [0.1, 0.15) is 12.8 Å². The standard InChI is InChI=1S/C16H22N6O2/c1-20(2)15-16(18-8-7-17-15)24-13-5-3-9-21(11-13)14(23)12-22-10-4-6-19-22/h4,6-8,10,13H,3,5,9,11-12H2,1-2H3/t13-/m0/s1. The van der Waals surface area contributed by atoms with Crippen molar-refractivity contribution in [3.8, 4) is 5.88 Å². The molecule has 1 saturated heterocycles. The third kappa shape index (κ3) is 3.81. The zero-order valence-corrected chi connectivity index (χ0v) is 14.0. The van der Waals surface area contributed by atoms with Crippen molar-refractivity contribution in [3.05, 3.63) is 30.9 Å². The topological polar surface area (TPSA) is 76.4 Å². The zero-order valence-electron chi connectivity index (χ0n) is 14.0. The Hall–Kier alpha value is -2.64. The molecule has 0 saturated carbocycles. The van der Waals surface area contributed by atoms with E-state index in [0.29, 0.717) is 18.2 Å². The zero-order chi connectivity index (χ0) is 16.9. The number of aromatic nitrogens is 4. The Labute approximate surface area is 141 Å². The molecule has 8 heteroatoms. The van der Waals surface area contributed by atoms with Crippen LogP contribution >= 0.6 is 0 Å². The summed E-state index contributed by atoms with van der Waals surface area (Å²) >= 11 is 0. The van der Waals surface area contributed by atoms with E-state index in [0.717, 1.165) is 19.4 Å². The molecule has 3 heterocycles. The summed E-state index contributed by atoms with van der Waals surface area (Å²) in [5, 5.41) is 4.08. The van der Waals surface area contributed by atoms with Crippen LogP contribution in [0.3, 0.4) is 0 Å². The van der Waals surface area contributed by atoms with Crippen molar-refractivity contribution in [1.82, 2.24) is 24.6 Å². The molecule has 24 heavy (non-hydrogen) atoms. The first kappa shape index (κ1) is 16.2. The van der Waals surface area contributed by atoms with Gasteiger partial charge in [-0.05, 0) is 18.9 Å². The predicted octanol–water partition coefficient (Wildman–Crippen LogP) is 0.809. The minimum absolute atomic E-state index is 0.0546. The van der Waals surface area contributed by atoms with Crippen LogP contribution in [0, 0.1) is 0 Å². The first-order valence-corrected chi connectivity index (χ1v) is 8.03. The van der Waals surface area contributed by atoms with Crippen molar-refractivity contribution >= 4 is 11.7 Å². The molecule has 0 radical (unpaired) electrons. The minimum Gasteiger partial charge on any atom is -0.470 e. The highest BCUT2D eigenvalue weighted by Crippen LogP contribution is 2.24. The summed E-state index contributed by atoms with van der Waals surface area (Å²) in [5.41, 5.74) is 0. The van der Waals surface area contributed by atoms with E-state index >= 15 is 0 Å². The summed E-state index contributed by atoms with van der Waals surface area (Å²) in [6.07, 6.45) is 8.46. The Kier molecular flexibility index (Phi) is 4.93. The van der Waals surface area contributed by atoms with Crippen molar-refractivity contribution in [2.75, 3.05) is 32.1 Å². The second kappa shape index (κ2) is 7.29. The maximum absolute atomic E-state index is 12.4. The van der Waals surface area contributed by atoms with Gasteiger partial charge in [0.15, 0.2) is 5.82 Å². The van der Waals surface area contributed by atoms with E-state index in [4.69, 9.17) is 4.74 Å². The van der Waals surface area contributed by atoms with Crippen LogP contribution in [0.15, 0.2) is 30.9 Å². The van der Waals surface area contributed by atoms with Crippen molar-refractivity contribution in [2.24, 2.45) is 0 Å². The van der Waals surface area contributed by atoms with Crippen LogP contribution in [0.2, 0.25) is 0 Å². The van der Waals surface area contributed by atoms with Crippen molar-refractivity contribution in [1.29, 1.82) is 0 Å². The lowest BCUT2D eigenvalue weighted by Crippen LogP contribution is -2.45. The fourth-order valence-corrected chi connectivity index (χ4v) is 2.76. The highest BCUT2D eigenvalue weighted by atomic mass is 16.5. The summed E-state index contributed by atoms with van der Waals surface area (Å²) in [7, 11) is 3.80. The van der Waals surface area contributed by atoms with Crippen molar-refractivity contribution in [2.45, 2.75) is 25.5 Å². The number of ether oxygens (including phenoxy) is 1. The van der Waals surface area contributed by atoms with E-state index in [2.05, 4.69) is 15.1 Å². The van der Waals surface area contributed by atoms with Gasteiger partial charge in [0.05, 0.1) is 6.54 Å². The molecule has 8 nitrogen and oxygen atoms in total. The van der Waals surface area contributed by atoms with Gasteiger partial charge in [-0.15, -0.1) is 0 Å². The molecular formula is C16H22N6O2. The highest BCUT2D eigenvalue weighted by molar-refractivity contribution is 5.76. The number of hydrogen-bond acceptors (Lipinski definition) is 6. The van der Waals surface area contributed by atoms with Crippen LogP contribution in [-0.2, 0) is 11.3 Å². The van der Waals surface area contributed by atoms with Gasteiger partial charge in [-0.1, -0.05) is 0 Å². The molecule has 2 aromatic rings. The molecular weight excluding hydrogens is 308 g/mol. The largest absolute Gasteiger partial charge is 0.470 e. The number of carbonyl (C=O) groups is 1. The van der Waals surface area contributed by atoms with E-state index < -0.39 is 0 Å². The van der Waals surface area contributed by atoms with E-state index in [1.165, 1.54) is 0 Å². The van der Waals surface area contributed by atoms with Gasteiger partial charge < -0.3 is 14.5 Å². The number of likely N-dealkylation sites (tertiary alicyclic amines) is 1. The molecule has 0 unspecified atom stereocenters. The molecule has 1 fully saturated rings. The SMILES string of the molecule is CN(C)c1nccnc1O[C@H]1CCCN(C(=O)Cn2cccn2)C1. The van der Waals surface area contributed by atoms with E-state index in [-0.39, 0.29) is 18.6 Å². The second-order valence-electron chi connectivity index (χ2n) is 6.01. The van der Waals surface area contributed by atoms with Crippen molar-refractivity contribution in [3.63, 3.8) is 0 Å². The van der Waals surface area contributed by atoms with Gasteiger partial charge in [-0.25, -0.2) is 9.97 Å². The Balaban J connectivity index is 1.62. The van der Waals surface area contributed by atoms with E-state index in [1.54, 1.807) is 29.5 Å². The number of nitrogens with zero attached hydrogens (tertiary/aromatic N) is 6. The molecule has 0 bridgehead atoms. The van der Waals surface area contributed by atoms with Gasteiger partial charge in [-0.2, -0.15) is 5.10 Å². The normalized spacial score (nSPS) is 17.6. The fourth-order valence-electron chi connectivity index (χ4n) is 2.76. The first-order chi connectivity index (χ1) is 11.6. The number of rotatable bonds is 5. The number of anilines is 1. The average molecular weight is 330 g/mol. The second-order valence-corrected chi connectivity index (χ2v) is 6.01. The van der Waals surface area contributed by atoms with Gasteiger partial charge in [0.25, 0.3) is 5.88 Å². The number of piperidine rings is 1. The monoisotopic (exact) mass is 330 g/mol. The maximum Gasteiger partial charge on any atom is 0.257 e. The molecule has 2 aromatic heterocycles. The molecule has 0 spiro atoms. The van der Waals surface area contributed by atoms with Crippen LogP contribution in [0.5, 0.6) is 5.88 Å². The van der Waals surface area contributed by atoms with Gasteiger partial charge in [0.1, 0.15) is 12.6 Å². The third-order valence-corrected chi connectivity index (χ3v) is 3.94. The van der Waals surface area contributed by atoms with E-state index in [9.17, 15) is 4.79 Å². The minimum atomic E-state index is -0.0734. The summed E-state index contributed by atoms with van der Waals surface area (Å²) in [6.45, 7) is 1.57. The molecule has 1 atom stereocenters. The highest BCUT2D eigenvalue weighted by Gasteiger charge is 2.26.